The molecule has 2 aromatic rings. The third kappa shape index (κ3) is 3.94. The first-order valence-corrected chi connectivity index (χ1v) is 10.3. The molecule has 2 heterocycles. The summed E-state index contributed by atoms with van der Waals surface area (Å²) in [6.45, 7) is 0.359. The summed E-state index contributed by atoms with van der Waals surface area (Å²) in [5.41, 5.74) is 0.895. The Morgan fingerprint density at radius 2 is 2.13 bits per heavy atom. The summed E-state index contributed by atoms with van der Waals surface area (Å²) in [5, 5.41) is 2.45. The van der Waals surface area contributed by atoms with Gasteiger partial charge in [-0.2, -0.15) is 0 Å². The quantitative estimate of drug-likeness (QED) is 0.831. The summed E-state index contributed by atoms with van der Waals surface area (Å²) in [5.74, 6) is 0.0497. The van der Waals surface area contributed by atoms with Gasteiger partial charge in [0.05, 0.1) is 16.4 Å². The van der Waals surface area contributed by atoms with E-state index in [9.17, 15) is 13.2 Å². The lowest BCUT2D eigenvalue weighted by molar-refractivity contribution is 0.0686. The molecular formula is C16H16ClNO3S2. The SMILES string of the molecule is O=C(c1cccs1)N(Cc1cccc(Cl)c1)[C@H]1CCS(=O)(=O)C1. The third-order valence-corrected chi connectivity index (χ3v) is 6.73. The van der Waals surface area contributed by atoms with Crippen LogP contribution in [0.2, 0.25) is 5.02 Å². The fraction of sp³-hybridized carbons (Fsp3) is 0.312. The van der Waals surface area contributed by atoms with E-state index in [0.29, 0.717) is 22.9 Å². The molecule has 1 amide bonds. The maximum atomic E-state index is 12.8. The highest BCUT2D eigenvalue weighted by molar-refractivity contribution is 7.91. The van der Waals surface area contributed by atoms with E-state index in [1.807, 2.05) is 23.6 Å². The fourth-order valence-electron chi connectivity index (χ4n) is 2.76. The highest BCUT2D eigenvalue weighted by atomic mass is 35.5. The van der Waals surface area contributed by atoms with Gasteiger partial charge in [-0.05, 0) is 35.6 Å². The van der Waals surface area contributed by atoms with Crippen molar-refractivity contribution in [1.29, 1.82) is 0 Å². The molecule has 1 saturated heterocycles. The Morgan fingerprint density at radius 1 is 1.30 bits per heavy atom. The summed E-state index contributed by atoms with van der Waals surface area (Å²) in [7, 11) is -3.06. The van der Waals surface area contributed by atoms with Crippen LogP contribution in [0.25, 0.3) is 0 Å². The van der Waals surface area contributed by atoms with Gasteiger partial charge in [-0.3, -0.25) is 4.79 Å². The number of thiophene rings is 1. The highest BCUT2D eigenvalue weighted by Gasteiger charge is 2.35. The number of sulfone groups is 1. The summed E-state index contributed by atoms with van der Waals surface area (Å²) in [6.07, 6.45) is 0.486. The van der Waals surface area contributed by atoms with Gasteiger partial charge in [0.25, 0.3) is 5.91 Å². The van der Waals surface area contributed by atoms with E-state index >= 15 is 0 Å². The molecule has 0 saturated carbocycles. The molecule has 1 aliphatic heterocycles. The first-order valence-electron chi connectivity index (χ1n) is 7.24. The van der Waals surface area contributed by atoms with Crippen molar-refractivity contribution in [3.63, 3.8) is 0 Å². The van der Waals surface area contributed by atoms with Crippen molar-refractivity contribution in [3.05, 3.63) is 57.2 Å². The van der Waals surface area contributed by atoms with Gasteiger partial charge in [-0.15, -0.1) is 11.3 Å². The molecule has 0 unspecified atom stereocenters. The number of halogens is 1. The topological polar surface area (TPSA) is 54.5 Å². The Bertz CT molecular complexity index is 802. The van der Waals surface area contributed by atoms with E-state index in [1.165, 1.54) is 11.3 Å². The van der Waals surface area contributed by atoms with Crippen molar-refractivity contribution in [2.45, 2.75) is 19.0 Å². The Balaban J connectivity index is 1.88. The van der Waals surface area contributed by atoms with Crippen LogP contribution in [0, 0.1) is 0 Å². The van der Waals surface area contributed by atoms with Crippen molar-refractivity contribution >= 4 is 38.7 Å². The minimum Gasteiger partial charge on any atom is -0.330 e. The molecular weight excluding hydrogens is 354 g/mol. The van der Waals surface area contributed by atoms with Crippen molar-refractivity contribution in [2.24, 2.45) is 0 Å². The Kier molecular flexibility index (Phi) is 4.75. The van der Waals surface area contributed by atoms with Gasteiger partial charge < -0.3 is 4.90 Å². The van der Waals surface area contributed by atoms with Crippen LogP contribution in [-0.4, -0.2) is 36.8 Å². The molecule has 0 spiro atoms. The van der Waals surface area contributed by atoms with Gasteiger partial charge in [-0.25, -0.2) is 8.42 Å². The zero-order valence-corrected chi connectivity index (χ0v) is 14.7. The van der Waals surface area contributed by atoms with E-state index in [2.05, 4.69) is 0 Å². The Morgan fingerprint density at radius 3 is 2.74 bits per heavy atom. The summed E-state index contributed by atoms with van der Waals surface area (Å²) < 4.78 is 23.6. The molecule has 4 nitrogen and oxygen atoms in total. The fourth-order valence-corrected chi connectivity index (χ4v) is 5.38. The first kappa shape index (κ1) is 16.5. The smallest absolute Gasteiger partial charge is 0.264 e. The molecule has 7 heteroatoms. The molecule has 1 atom stereocenters. The first-order chi connectivity index (χ1) is 10.9. The Labute approximate surface area is 144 Å². The lowest BCUT2D eigenvalue weighted by Gasteiger charge is -2.28. The van der Waals surface area contributed by atoms with Crippen LogP contribution in [-0.2, 0) is 16.4 Å². The van der Waals surface area contributed by atoms with Crippen molar-refractivity contribution in [2.75, 3.05) is 11.5 Å². The molecule has 1 aromatic carbocycles. The van der Waals surface area contributed by atoms with E-state index in [0.717, 1.165) is 5.56 Å². The highest BCUT2D eigenvalue weighted by Crippen LogP contribution is 2.24. The molecule has 3 rings (SSSR count). The monoisotopic (exact) mass is 369 g/mol. The summed E-state index contributed by atoms with van der Waals surface area (Å²) in [4.78, 5) is 15.1. The maximum Gasteiger partial charge on any atom is 0.264 e. The van der Waals surface area contributed by atoms with Crippen LogP contribution in [0.5, 0.6) is 0 Å². The second-order valence-corrected chi connectivity index (χ2v) is 9.21. The largest absolute Gasteiger partial charge is 0.330 e. The molecule has 23 heavy (non-hydrogen) atoms. The second-order valence-electron chi connectivity index (χ2n) is 5.60. The van der Waals surface area contributed by atoms with Crippen LogP contribution in [0.1, 0.15) is 21.7 Å². The molecule has 1 fully saturated rings. The predicted octanol–water partition coefficient (Wildman–Crippen LogP) is 3.23. The van der Waals surface area contributed by atoms with E-state index < -0.39 is 9.84 Å². The number of benzene rings is 1. The lowest BCUT2D eigenvalue weighted by Crippen LogP contribution is -2.40. The van der Waals surface area contributed by atoms with Crippen LogP contribution in [0.3, 0.4) is 0 Å². The van der Waals surface area contributed by atoms with Crippen molar-refractivity contribution < 1.29 is 13.2 Å². The minimum absolute atomic E-state index is 0.0324. The average molecular weight is 370 g/mol. The van der Waals surface area contributed by atoms with Gasteiger partial charge >= 0.3 is 0 Å². The Hall–Kier alpha value is -1.37. The maximum absolute atomic E-state index is 12.8. The van der Waals surface area contributed by atoms with Gasteiger partial charge in [0.15, 0.2) is 9.84 Å². The van der Waals surface area contributed by atoms with Gasteiger partial charge in [0.2, 0.25) is 0 Å². The van der Waals surface area contributed by atoms with Gasteiger partial charge in [0, 0.05) is 17.6 Å². The van der Waals surface area contributed by atoms with Crippen LogP contribution in [0.4, 0.5) is 0 Å². The van der Waals surface area contributed by atoms with Crippen molar-refractivity contribution in [3.8, 4) is 0 Å². The normalized spacial score (nSPS) is 19.6. The average Bonchev–Trinajstić information content (AvgIpc) is 3.13. The molecule has 0 N–H and O–H groups in total. The van der Waals surface area contributed by atoms with E-state index in [1.54, 1.807) is 23.1 Å². The number of carbonyl (C=O) groups is 1. The number of carbonyl (C=O) groups excluding carboxylic acids is 1. The predicted molar refractivity (Wildman–Crippen MR) is 92.7 cm³/mol. The number of nitrogens with zero attached hydrogens (tertiary/aromatic N) is 1. The molecule has 0 radical (unpaired) electrons. The number of rotatable bonds is 4. The number of hydrogen-bond donors (Lipinski definition) is 0. The van der Waals surface area contributed by atoms with Crippen LogP contribution < -0.4 is 0 Å². The minimum atomic E-state index is -3.06. The van der Waals surface area contributed by atoms with Gasteiger partial charge in [0.1, 0.15) is 0 Å². The van der Waals surface area contributed by atoms with Gasteiger partial charge in [-0.1, -0.05) is 29.8 Å². The summed E-state index contributed by atoms with van der Waals surface area (Å²) >= 11 is 7.38. The standard InChI is InChI=1S/C16H16ClNO3S2/c17-13-4-1-3-12(9-13)10-18(14-6-8-23(20,21)11-14)16(19)15-5-2-7-22-15/h1-5,7,9,14H,6,8,10-11H2/t14-/m0/s1. The van der Waals surface area contributed by atoms with E-state index in [4.69, 9.17) is 11.6 Å². The zero-order valence-electron chi connectivity index (χ0n) is 12.3. The molecule has 122 valence electrons. The second kappa shape index (κ2) is 6.63. The van der Waals surface area contributed by atoms with Crippen LogP contribution in [0.15, 0.2) is 41.8 Å². The molecule has 0 bridgehead atoms. The van der Waals surface area contributed by atoms with Crippen molar-refractivity contribution in [1.82, 2.24) is 4.90 Å². The third-order valence-electron chi connectivity index (χ3n) is 3.88. The lowest BCUT2D eigenvalue weighted by atomic mass is 10.1. The molecule has 1 aromatic heterocycles. The van der Waals surface area contributed by atoms with Crippen LogP contribution >= 0.6 is 22.9 Å². The number of amides is 1. The summed E-state index contributed by atoms with van der Waals surface area (Å²) in [6, 6.07) is 10.6. The molecule has 0 aliphatic carbocycles. The van der Waals surface area contributed by atoms with E-state index in [-0.39, 0.29) is 23.5 Å². The zero-order chi connectivity index (χ0) is 16.4. The number of hydrogen-bond acceptors (Lipinski definition) is 4. The molecule has 1 aliphatic rings.